The Morgan fingerprint density at radius 1 is 1.09 bits per heavy atom. The van der Waals surface area contributed by atoms with Crippen LogP contribution < -0.4 is 4.72 Å². The van der Waals surface area contributed by atoms with Crippen molar-refractivity contribution in [3.05, 3.63) is 29.8 Å². The highest BCUT2D eigenvalue weighted by Gasteiger charge is 2.28. The zero-order valence-corrected chi connectivity index (χ0v) is 14.7. The summed E-state index contributed by atoms with van der Waals surface area (Å²) in [7, 11) is -6.92. The second-order valence-electron chi connectivity index (χ2n) is 5.64. The Morgan fingerprint density at radius 3 is 2.04 bits per heavy atom. The van der Waals surface area contributed by atoms with E-state index in [1.54, 1.807) is 0 Å². The smallest absolute Gasteiger partial charge is 0.240 e. The van der Waals surface area contributed by atoms with Crippen LogP contribution >= 0.6 is 0 Å². The first-order chi connectivity index (χ1) is 10.6. The first-order valence-electron chi connectivity index (χ1n) is 7.18. The monoisotopic (exact) mass is 360 g/mol. The van der Waals surface area contributed by atoms with Crippen LogP contribution in [0.3, 0.4) is 0 Å². The Hall–Kier alpha value is -1.29. The molecule has 1 aliphatic rings. The highest BCUT2D eigenvalue weighted by atomic mass is 32.2. The van der Waals surface area contributed by atoms with Gasteiger partial charge in [-0.15, -0.1) is 0 Å². The maximum Gasteiger partial charge on any atom is 0.240 e. The average molecular weight is 360 g/mol. The van der Waals surface area contributed by atoms with E-state index in [1.165, 1.54) is 35.5 Å². The molecule has 7 nitrogen and oxygen atoms in total. The lowest BCUT2D eigenvalue weighted by Crippen LogP contribution is -2.46. The molecule has 23 heavy (non-hydrogen) atoms. The largest absolute Gasteiger partial charge is 0.295 e. The summed E-state index contributed by atoms with van der Waals surface area (Å²) in [6.07, 6.45) is 2.00. The third kappa shape index (κ3) is 4.60. The molecule has 1 heterocycles. The molecule has 1 aromatic carbocycles. The number of benzene rings is 1. The highest BCUT2D eigenvalue weighted by Crippen LogP contribution is 2.17. The highest BCUT2D eigenvalue weighted by molar-refractivity contribution is 7.89. The molecule has 1 fully saturated rings. The Balaban J connectivity index is 2.03. The van der Waals surface area contributed by atoms with Gasteiger partial charge in [0.15, 0.2) is 5.78 Å². The van der Waals surface area contributed by atoms with Crippen molar-refractivity contribution in [1.82, 2.24) is 9.03 Å². The van der Waals surface area contributed by atoms with Gasteiger partial charge < -0.3 is 0 Å². The van der Waals surface area contributed by atoms with Gasteiger partial charge in [-0.25, -0.2) is 25.9 Å². The summed E-state index contributed by atoms with van der Waals surface area (Å²) in [6.45, 7) is 2.02. The lowest BCUT2D eigenvalue weighted by molar-refractivity contribution is 0.101. The molecular formula is C14H20N2O5S2. The Morgan fingerprint density at radius 2 is 1.61 bits per heavy atom. The van der Waals surface area contributed by atoms with Crippen molar-refractivity contribution in [2.75, 3.05) is 19.3 Å². The van der Waals surface area contributed by atoms with Gasteiger partial charge in [-0.05, 0) is 31.9 Å². The van der Waals surface area contributed by atoms with Gasteiger partial charge in [0, 0.05) is 24.7 Å². The maximum atomic E-state index is 12.3. The van der Waals surface area contributed by atoms with Gasteiger partial charge in [0.2, 0.25) is 20.0 Å². The summed E-state index contributed by atoms with van der Waals surface area (Å²) in [5.74, 6) is -0.130. The van der Waals surface area contributed by atoms with Crippen LogP contribution in [-0.2, 0) is 20.0 Å². The van der Waals surface area contributed by atoms with Crippen LogP contribution in [0.1, 0.15) is 30.1 Å². The van der Waals surface area contributed by atoms with E-state index in [-0.39, 0.29) is 16.7 Å². The quantitative estimate of drug-likeness (QED) is 0.775. The third-order valence-electron chi connectivity index (χ3n) is 3.82. The van der Waals surface area contributed by atoms with Gasteiger partial charge in [0.25, 0.3) is 0 Å². The van der Waals surface area contributed by atoms with E-state index in [1.807, 2.05) is 0 Å². The number of carbonyl (C=O) groups is 1. The van der Waals surface area contributed by atoms with Gasteiger partial charge in [0.05, 0.1) is 11.2 Å². The molecule has 0 amide bonds. The normalized spacial score (nSPS) is 18.0. The number of rotatable bonds is 5. The molecule has 0 aromatic heterocycles. The van der Waals surface area contributed by atoms with Crippen molar-refractivity contribution in [2.24, 2.45) is 0 Å². The lowest BCUT2D eigenvalue weighted by Gasteiger charge is -2.30. The van der Waals surface area contributed by atoms with Crippen LogP contribution in [0.4, 0.5) is 0 Å². The van der Waals surface area contributed by atoms with Crippen molar-refractivity contribution in [1.29, 1.82) is 0 Å². The minimum Gasteiger partial charge on any atom is -0.295 e. The van der Waals surface area contributed by atoms with Crippen molar-refractivity contribution in [3.8, 4) is 0 Å². The molecule has 1 aromatic rings. The first kappa shape index (κ1) is 18.1. The molecule has 128 valence electrons. The number of ketones is 1. The van der Waals surface area contributed by atoms with E-state index in [9.17, 15) is 21.6 Å². The lowest BCUT2D eigenvalue weighted by atomic mass is 10.1. The fourth-order valence-electron chi connectivity index (χ4n) is 2.46. The molecule has 0 radical (unpaired) electrons. The van der Waals surface area contributed by atoms with Crippen LogP contribution in [-0.4, -0.2) is 52.3 Å². The number of sulfonamides is 2. The van der Waals surface area contributed by atoms with E-state index < -0.39 is 20.0 Å². The average Bonchev–Trinajstić information content (AvgIpc) is 2.46. The standard InChI is InChI=1S/C14H20N2O5S2/c1-11(17)12-3-5-14(6-4-12)23(20,21)15-13-7-9-16(10-8-13)22(2,18)19/h3-6,13,15H,7-10H2,1-2H3. The molecule has 0 aliphatic carbocycles. The zero-order valence-electron chi connectivity index (χ0n) is 13.0. The van der Waals surface area contributed by atoms with Gasteiger partial charge in [-0.1, -0.05) is 12.1 Å². The molecule has 1 aliphatic heterocycles. The second kappa shape index (κ2) is 6.68. The molecule has 0 bridgehead atoms. The Kier molecular flexibility index (Phi) is 5.24. The summed E-state index contributed by atoms with van der Waals surface area (Å²) < 4.78 is 51.5. The third-order valence-corrected chi connectivity index (χ3v) is 6.66. The molecule has 1 saturated heterocycles. The van der Waals surface area contributed by atoms with Crippen LogP contribution in [0.25, 0.3) is 0 Å². The number of hydrogen-bond donors (Lipinski definition) is 1. The van der Waals surface area contributed by atoms with Crippen LogP contribution in [0, 0.1) is 0 Å². The predicted octanol–water partition coefficient (Wildman–Crippen LogP) is 0.592. The van der Waals surface area contributed by atoms with E-state index in [4.69, 9.17) is 0 Å². The Labute approximate surface area is 136 Å². The van der Waals surface area contributed by atoms with Gasteiger partial charge in [-0.3, -0.25) is 4.79 Å². The summed E-state index contributed by atoms with van der Waals surface area (Å²) in [5.41, 5.74) is 0.449. The SMILES string of the molecule is CC(=O)c1ccc(S(=O)(=O)NC2CCN(S(C)(=O)=O)CC2)cc1. The number of piperidine rings is 1. The molecule has 0 spiro atoms. The zero-order chi connectivity index (χ0) is 17.3. The van der Waals surface area contributed by atoms with Crippen molar-refractivity contribution >= 4 is 25.8 Å². The molecule has 0 saturated carbocycles. The molecule has 9 heteroatoms. The van der Waals surface area contributed by atoms with E-state index in [0.717, 1.165) is 6.26 Å². The maximum absolute atomic E-state index is 12.3. The second-order valence-corrected chi connectivity index (χ2v) is 9.33. The number of hydrogen-bond acceptors (Lipinski definition) is 5. The van der Waals surface area contributed by atoms with Gasteiger partial charge in [0.1, 0.15) is 0 Å². The van der Waals surface area contributed by atoms with E-state index >= 15 is 0 Å². The molecule has 2 rings (SSSR count). The molecule has 0 unspecified atom stereocenters. The molecule has 0 atom stereocenters. The van der Waals surface area contributed by atoms with E-state index in [0.29, 0.717) is 31.5 Å². The van der Waals surface area contributed by atoms with Crippen molar-refractivity contribution < 1.29 is 21.6 Å². The fraction of sp³-hybridized carbons (Fsp3) is 0.500. The molecule has 1 N–H and O–H groups in total. The van der Waals surface area contributed by atoms with Crippen LogP contribution in [0.2, 0.25) is 0 Å². The predicted molar refractivity (Wildman–Crippen MR) is 86.2 cm³/mol. The number of carbonyl (C=O) groups excluding carboxylic acids is 1. The minimum absolute atomic E-state index is 0.0908. The fourth-order valence-corrected chi connectivity index (χ4v) is 4.64. The van der Waals surface area contributed by atoms with Crippen molar-refractivity contribution in [3.63, 3.8) is 0 Å². The number of nitrogens with one attached hydrogen (secondary N) is 1. The first-order valence-corrected chi connectivity index (χ1v) is 10.5. The topological polar surface area (TPSA) is 101 Å². The molecular weight excluding hydrogens is 340 g/mol. The summed E-state index contributed by atoms with van der Waals surface area (Å²) >= 11 is 0. The Bertz CT molecular complexity index is 777. The van der Waals surface area contributed by atoms with Gasteiger partial charge in [-0.2, -0.15) is 0 Å². The number of nitrogens with zero attached hydrogens (tertiary/aromatic N) is 1. The van der Waals surface area contributed by atoms with Crippen LogP contribution in [0.15, 0.2) is 29.2 Å². The van der Waals surface area contributed by atoms with Crippen LogP contribution in [0.5, 0.6) is 0 Å². The minimum atomic E-state index is -3.68. The van der Waals surface area contributed by atoms with E-state index in [2.05, 4.69) is 4.72 Å². The van der Waals surface area contributed by atoms with Crippen molar-refractivity contribution in [2.45, 2.75) is 30.7 Å². The van der Waals surface area contributed by atoms with Gasteiger partial charge >= 0.3 is 0 Å². The summed E-state index contributed by atoms with van der Waals surface area (Å²) in [4.78, 5) is 11.3. The summed E-state index contributed by atoms with van der Waals surface area (Å²) in [6, 6.07) is 5.44. The summed E-state index contributed by atoms with van der Waals surface area (Å²) in [5, 5.41) is 0. The number of Topliss-reactive ketones (excluding diaryl/α,β-unsaturated/α-hetero) is 1.